The number of hydrogen-bond donors (Lipinski definition) is 2. The van der Waals surface area contributed by atoms with Gasteiger partial charge in [0.25, 0.3) is 0 Å². The number of carboxylic acids is 1. The Balaban J connectivity index is 2.15. The minimum Gasteiger partial charge on any atom is -0.489 e. The normalized spacial score (nSPS) is 10.4. The molecule has 2 aromatic carbocycles. The van der Waals surface area contributed by atoms with Gasteiger partial charge >= 0.3 is 5.97 Å². The number of carboxylic acid groups (broad SMARTS) is 1. The van der Waals surface area contributed by atoms with E-state index >= 15 is 0 Å². The first-order valence-electron chi connectivity index (χ1n) is 6.44. The van der Waals surface area contributed by atoms with E-state index in [4.69, 9.17) is 14.9 Å². The van der Waals surface area contributed by atoms with Gasteiger partial charge in [0.15, 0.2) is 0 Å². The highest BCUT2D eigenvalue weighted by Gasteiger charge is 2.08. The lowest BCUT2D eigenvalue weighted by molar-refractivity contribution is 0.0696. The second-order valence-corrected chi connectivity index (χ2v) is 4.52. The molecule has 0 radical (unpaired) electrons. The van der Waals surface area contributed by atoms with Crippen LogP contribution in [0.2, 0.25) is 0 Å². The first-order chi connectivity index (χ1) is 10.1. The van der Waals surface area contributed by atoms with Gasteiger partial charge in [0.05, 0.1) is 5.56 Å². The topological polar surface area (TPSA) is 66.8 Å². The van der Waals surface area contributed by atoms with Crippen LogP contribution in [-0.2, 0) is 13.0 Å². The summed E-state index contributed by atoms with van der Waals surface area (Å²) in [6.07, 6.45) is 0.458. The van der Waals surface area contributed by atoms with Gasteiger partial charge in [0, 0.05) is 6.61 Å². The fraction of sp³-hybridized carbons (Fsp3) is 0.188. The van der Waals surface area contributed by atoms with Crippen molar-refractivity contribution in [3.05, 3.63) is 65.0 Å². The van der Waals surface area contributed by atoms with E-state index in [2.05, 4.69) is 0 Å². The summed E-state index contributed by atoms with van der Waals surface area (Å²) in [5.41, 5.74) is 1.17. The van der Waals surface area contributed by atoms with Crippen molar-refractivity contribution < 1.29 is 24.1 Å². The van der Waals surface area contributed by atoms with Crippen LogP contribution in [0.15, 0.2) is 42.5 Å². The Bertz CT molecular complexity index is 640. The Morgan fingerprint density at radius 3 is 2.67 bits per heavy atom. The molecule has 4 nitrogen and oxygen atoms in total. The Labute approximate surface area is 121 Å². The van der Waals surface area contributed by atoms with Gasteiger partial charge in [-0.15, -0.1) is 0 Å². The van der Waals surface area contributed by atoms with Crippen LogP contribution in [0.25, 0.3) is 0 Å². The SMILES string of the molecule is O=C(O)c1cc(F)cc(COc2ccccc2CCO)c1. The Morgan fingerprint density at radius 1 is 1.19 bits per heavy atom. The van der Waals surface area contributed by atoms with Crippen molar-refractivity contribution in [2.75, 3.05) is 6.61 Å². The fourth-order valence-electron chi connectivity index (χ4n) is 1.99. The number of aromatic carboxylic acids is 1. The molecule has 0 aliphatic carbocycles. The zero-order chi connectivity index (χ0) is 15.2. The first-order valence-corrected chi connectivity index (χ1v) is 6.44. The fourth-order valence-corrected chi connectivity index (χ4v) is 1.99. The Kier molecular flexibility index (Phi) is 4.90. The molecule has 2 aromatic rings. The quantitative estimate of drug-likeness (QED) is 0.858. The van der Waals surface area contributed by atoms with Crippen LogP contribution in [0.1, 0.15) is 21.5 Å². The molecule has 2 N–H and O–H groups in total. The van der Waals surface area contributed by atoms with Crippen LogP contribution in [0, 0.1) is 5.82 Å². The Morgan fingerprint density at radius 2 is 1.95 bits per heavy atom. The molecule has 0 atom stereocenters. The van der Waals surface area contributed by atoms with Crippen LogP contribution < -0.4 is 4.74 Å². The zero-order valence-electron chi connectivity index (χ0n) is 11.3. The van der Waals surface area contributed by atoms with Crippen LogP contribution in [0.5, 0.6) is 5.75 Å². The second kappa shape index (κ2) is 6.85. The predicted molar refractivity (Wildman–Crippen MR) is 74.9 cm³/mol. The minimum absolute atomic E-state index is 0.00347. The average Bonchev–Trinajstić information content (AvgIpc) is 2.46. The molecule has 110 valence electrons. The monoisotopic (exact) mass is 290 g/mol. The third-order valence-electron chi connectivity index (χ3n) is 2.95. The molecule has 0 aliphatic rings. The molecule has 0 bridgehead atoms. The summed E-state index contributed by atoms with van der Waals surface area (Å²) < 4.78 is 19.0. The summed E-state index contributed by atoms with van der Waals surface area (Å²) in [6, 6.07) is 10.8. The van der Waals surface area contributed by atoms with E-state index in [9.17, 15) is 9.18 Å². The molecule has 0 saturated carbocycles. The van der Waals surface area contributed by atoms with Gasteiger partial charge < -0.3 is 14.9 Å². The highest BCUT2D eigenvalue weighted by Crippen LogP contribution is 2.20. The summed E-state index contributed by atoms with van der Waals surface area (Å²) in [5.74, 6) is -1.21. The van der Waals surface area contributed by atoms with Crippen molar-refractivity contribution >= 4 is 5.97 Å². The van der Waals surface area contributed by atoms with Crippen LogP contribution >= 0.6 is 0 Å². The Hall–Kier alpha value is -2.40. The molecule has 0 amide bonds. The predicted octanol–water partition coefficient (Wildman–Crippen LogP) is 2.64. The number of carbonyl (C=O) groups is 1. The molecule has 21 heavy (non-hydrogen) atoms. The highest BCUT2D eigenvalue weighted by atomic mass is 19.1. The number of aliphatic hydroxyl groups is 1. The van der Waals surface area contributed by atoms with Crippen molar-refractivity contribution in [2.24, 2.45) is 0 Å². The number of rotatable bonds is 6. The molecule has 0 aromatic heterocycles. The average molecular weight is 290 g/mol. The van der Waals surface area contributed by atoms with Gasteiger partial charge in [0.2, 0.25) is 0 Å². The summed E-state index contributed by atoms with van der Waals surface area (Å²) >= 11 is 0. The van der Waals surface area contributed by atoms with E-state index in [1.54, 1.807) is 12.1 Å². The van der Waals surface area contributed by atoms with Gasteiger partial charge in [-0.25, -0.2) is 9.18 Å². The molecular formula is C16H15FO4. The molecule has 0 saturated heterocycles. The number of hydrogen-bond acceptors (Lipinski definition) is 3. The summed E-state index contributed by atoms with van der Waals surface area (Å²) in [4.78, 5) is 10.9. The molecule has 0 heterocycles. The van der Waals surface area contributed by atoms with Gasteiger partial charge in [0.1, 0.15) is 18.2 Å². The number of ether oxygens (including phenoxy) is 1. The molecular weight excluding hydrogens is 275 g/mol. The lowest BCUT2D eigenvalue weighted by Crippen LogP contribution is -2.03. The van der Waals surface area contributed by atoms with Crippen LogP contribution in [0.3, 0.4) is 0 Å². The standard InChI is InChI=1S/C16H15FO4/c17-14-8-11(7-13(9-14)16(19)20)10-21-15-4-2-1-3-12(15)5-6-18/h1-4,7-9,18H,5-6,10H2,(H,19,20). The highest BCUT2D eigenvalue weighted by molar-refractivity contribution is 5.87. The van der Waals surface area contributed by atoms with Gasteiger partial charge in [-0.3, -0.25) is 0 Å². The maximum atomic E-state index is 13.4. The minimum atomic E-state index is -1.18. The third kappa shape index (κ3) is 4.03. The molecule has 0 aliphatic heterocycles. The summed E-state index contributed by atoms with van der Waals surface area (Å²) in [5, 5.41) is 17.9. The van der Waals surface area contributed by atoms with Crippen molar-refractivity contribution in [1.82, 2.24) is 0 Å². The molecule has 0 spiro atoms. The molecule has 0 fully saturated rings. The van der Waals surface area contributed by atoms with Crippen molar-refractivity contribution in [3.63, 3.8) is 0 Å². The number of benzene rings is 2. The van der Waals surface area contributed by atoms with Crippen molar-refractivity contribution in [2.45, 2.75) is 13.0 Å². The maximum absolute atomic E-state index is 13.4. The van der Waals surface area contributed by atoms with E-state index in [-0.39, 0.29) is 18.8 Å². The van der Waals surface area contributed by atoms with Gasteiger partial charge in [-0.2, -0.15) is 0 Å². The largest absolute Gasteiger partial charge is 0.489 e. The lowest BCUT2D eigenvalue weighted by atomic mass is 10.1. The molecule has 2 rings (SSSR count). The number of aliphatic hydroxyl groups excluding tert-OH is 1. The molecule has 0 unspecified atom stereocenters. The molecule has 5 heteroatoms. The smallest absolute Gasteiger partial charge is 0.335 e. The summed E-state index contributed by atoms with van der Waals surface area (Å²) in [7, 11) is 0. The van der Waals surface area contributed by atoms with E-state index in [1.165, 1.54) is 12.1 Å². The van der Waals surface area contributed by atoms with E-state index in [0.29, 0.717) is 17.7 Å². The van der Waals surface area contributed by atoms with E-state index in [0.717, 1.165) is 11.6 Å². The van der Waals surface area contributed by atoms with Crippen molar-refractivity contribution in [1.29, 1.82) is 0 Å². The van der Waals surface area contributed by atoms with Crippen LogP contribution in [0.4, 0.5) is 4.39 Å². The zero-order valence-corrected chi connectivity index (χ0v) is 11.3. The third-order valence-corrected chi connectivity index (χ3v) is 2.95. The van der Waals surface area contributed by atoms with E-state index < -0.39 is 11.8 Å². The first kappa shape index (κ1) is 15.0. The second-order valence-electron chi connectivity index (χ2n) is 4.52. The maximum Gasteiger partial charge on any atom is 0.335 e. The van der Waals surface area contributed by atoms with Crippen LogP contribution in [-0.4, -0.2) is 22.8 Å². The number of para-hydroxylation sites is 1. The van der Waals surface area contributed by atoms with E-state index in [1.807, 2.05) is 12.1 Å². The van der Waals surface area contributed by atoms with Crippen molar-refractivity contribution in [3.8, 4) is 5.75 Å². The lowest BCUT2D eigenvalue weighted by Gasteiger charge is -2.11. The van der Waals surface area contributed by atoms with Gasteiger partial charge in [-0.1, -0.05) is 18.2 Å². The summed E-state index contributed by atoms with van der Waals surface area (Å²) in [6.45, 7) is 0.0595. The number of halogens is 1. The van der Waals surface area contributed by atoms with Gasteiger partial charge in [-0.05, 0) is 41.8 Å².